The van der Waals surface area contributed by atoms with Crippen molar-refractivity contribution in [2.24, 2.45) is 23.5 Å². The van der Waals surface area contributed by atoms with Crippen molar-refractivity contribution in [3.05, 3.63) is 18.2 Å². The Balaban J connectivity index is 1.69. The first-order valence-corrected chi connectivity index (χ1v) is 11.2. The lowest BCUT2D eigenvalue weighted by molar-refractivity contribution is -0.122. The minimum atomic E-state index is -3.40. The van der Waals surface area contributed by atoms with Crippen LogP contribution in [0.25, 0.3) is 0 Å². The second-order valence-corrected chi connectivity index (χ2v) is 9.62. The van der Waals surface area contributed by atoms with Crippen LogP contribution in [0.5, 0.6) is 5.75 Å². The number of ether oxygens (including phenoxy) is 1. The second kappa shape index (κ2) is 8.06. The maximum Gasteiger partial charge on any atom is 0.232 e. The number of nitrogens with two attached hydrogens (primary N) is 1. The molecule has 27 heavy (non-hydrogen) atoms. The van der Waals surface area contributed by atoms with E-state index in [0.717, 1.165) is 25.7 Å². The molecule has 0 aliphatic heterocycles. The Morgan fingerprint density at radius 2 is 1.93 bits per heavy atom. The lowest BCUT2D eigenvalue weighted by Crippen LogP contribution is -2.48. The Morgan fingerprint density at radius 1 is 1.26 bits per heavy atom. The van der Waals surface area contributed by atoms with Gasteiger partial charge in [0.25, 0.3) is 0 Å². The highest BCUT2D eigenvalue weighted by Crippen LogP contribution is 2.42. The zero-order chi connectivity index (χ0) is 19.6. The highest BCUT2D eigenvalue weighted by atomic mass is 32.2. The van der Waals surface area contributed by atoms with E-state index in [9.17, 15) is 13.2 Å². The van der Waals surface area contributed by atoms with Crippen molar-refractivity contribution >= 4 is 27.3 Å². The lowest BCUT2D eigenvalue weighted by atomic mass is 9.65. The average Bonchev–Trinajstić information content (AvgIpc) is 2.62. The summed E-state index contributed by atoms with van der Waals surface area (Å²) >= 11 is 0. The molecule has 0 saturated heterocycles. The Labute approximate surface area is 161 Å². The highest BCUT2D eigenvalue weighted by molar-refractivity contribution is 7.92. The van der Waals surface area contributed by atoms with Gasteiger partial charge >= 0.3 is 0 Å². The second-order valence-electron chi connectivity index (χ2n) is 7.61. The number of hydrogen-bond acceptors (Lipinski definition) is 5. The predicted octanol–water partition coefficient (Wildman–Crippen LogP) is 2.55. The van der Waals surface area contributed by atoms with Crippen LogP contribution < -0.4 is 20.5 Å². The molecule has 3 rings (SSSR count). The standard InChI is InChI=1S/C19H29N3O4S/c1-3-27(24,25)22-16-8-7-15(11-17(16)26-2)21-19(23)14-9-12-5-4-6-13(10-14)18(12)20/h7-8,11-14,18,22H,3-6,9-10,20H2,1-2H3,(H,21,23). The molecule has 4 N–H and O–H groups in total. The normalized spacial score (nSPS) is 27.7. The summed E-state index contributed by atoms with van der Waals surface area (Å²) in [4.78, 5) is 12.8. The van der Waals surface area contributed by atoms with Crippen molar-refractivity contribution in [2.45, 2.75) is 45.1 Å². The van der Waals surface area contributed by atoms with Gasteiger partial charge in [0.1, 0.15) is 5.75 Å². The molecule has 2 aliphatic carbocycles. The van der Waals surface area contributed by atoms with Gasteiger partial charge in [-0.15, -0.1) is 0 Å². The van der Waals surface area contributed by atoms with E-state index in [2.05, 4.69) is 10.0 Å². The third-order valence-corrected chi connectivity index (χ3v) is 7.19. The third-order valence-electron chi connectivity index (χ3n) is 5.90. The molecule has 1 aromatic carbocycles. The van der Waals surface area contributed by atoms with Gasteiger partial charge in [-0.2, -0.15) is 0 Å². The molecule has 150 valence electrons. The molecule has 7 nitrogen and oxygen atoms in total. The maximum absolute atomic E-state index is 12.8. The van der Waals surface area contributed by atoms with Gasteiger partial charge in [0.05, 0.1) is 18.6 Å². The molecule has 2 saturated carbocycles. The number of carbonyl (C=O) groups is 1. The van der Waals surface area contributed by atoms with E-state index in [0.29, 0.717) is 29.0 Å². The minimum Gasteiger partial charge on any atom is -0.494 e. The van der Waals surface area contributed by atoms with E-state index >= 15 is 0 Å². The number of rotatable bonds is 6. The Morgan fingerprint density at radius 3 is 2.52 bits per heavy atom. The summed E-state index contributed by atoms with van der Waals surface area (Å²) < 4.78 is 31.3. The fourth-order valence-electron chi connectivity index (χ4n) is 4.34. The van der Waals surface area contributed by atoms with Gasteiger partial charge in [-0.1, -0.05) is 6.42 Å². The number of amides is 1. The van der Waals surface area contributed by atoms with Crippen molar-refractivity contribution in [3.8, 4) is 5.75 Å². The van der Waals surface area contributed by atoms with Crippen LogP contribution in [0.1, 0.15) is 39.0 Å². The summed E-state index contributed by atoms with van der Waals surface area (Å²) in [6.07, 6.45) is 5.12. The van der Waals surface area contributed by atoms with Crippen LogP contribution in [0.4, 0.5) is 11.4 Å². The molecule has 2 unspecified atom stereocenters. The van der Waals surface area contributed by atoms with Gasteiger partial charge in [0.15, 0.2) is 0 Å². The van der Waals surface area contributed by atoms with Crippen LogP contribution in [0.3, 0.4) is 0 Å². The van der Waals surface area contributed by atoms with Gasteiger partial charge in [-0.05, 0) is 56.6 Å². The van der Waals surface area contributed by atoms with Gasteiger partial charge in [-0.25, -0.2) is 8.42 Å². The van der Waals surface area contributed by atoms with Gasteiger partial charge in [-0.3, -0.25) is 9.52 Å². The highest BCUT2D eigenvalue weighted by Gasteiger charge is 2.40. The molecule has 8 heteroatoms. The summed E-state index contributed by atoms with van der Waals surface area (Å²) in [6.45, 7) is 1.56. The Hall–Kier alpha value is -1.80. The largest absolute Gasteiger partial charge is 0.494 e. The SMILES string of the molecule is CCS(=O)(=O)Nc1ccc(NC(=O)C2CC3CCCC(C2)C3N)cc1OC. The Bertz CT molecular complexity index is 782. The quantitative estimate of drug-likeness (QED) is 0.685. The van der Waals surface area contributed by atoms with E-state index < -0.39 is 10.0 Å². The van der Waals surface area contributed by atoms with Crippen molar-refractivity contribution in [3.63, 3.8) is 0 Å². The van der Waals surface area contributed by atoms with Crippen LogP contribution in [-0.4, -0.2) is 33.2 Å². The summed E-state index contributed by atoms with van der Waals surface area (Å²) in [7, 11) is -1.93. The van der Waals surface area contributed by atoms with E-state index in [1.165, 1.54) is 13.5 Å². The topological polar surface area (TPSA) is 111 Å². The molecule has 0 radical (unpaired) electrons. The number of benzene rings is 1. The smallest absolute Gasteiger partial charge is 0.232 e. The lowest BCUT2D eigenvalue weighted by Gasteiger charge is -2.43. The predicted molar refractivity (Wildman–Crippen MR) is 106 cm³/mol. The zero-order valence-electron chi connectivity index (χ0n) is 15.9. The van der Waals surface area contributed by atoms with Gasteiger partial charge < -0.3 is 15.8 Å². The zero-order valence-corrected chi connectivity index (χ0v) is 16.7. The van der Waals surface area contributed by atoms with Crippen molar-refractivity contribution < 1.29 is 17.9 Å². The summed E-state index contributed by atoms with van der Waals surface area (Å²) in [5, 5.41) is 2.96. The van der Waals surface area contributed by atoms with Crippen LogP contribution in [0, 0.1) is 17.8 Å². The molecule has 2 fully saturated rings. The van der Waals surface area contributed by atoms with Crippen LogP contribution >= 0.6 is 0 Å². The molecule has 2 aliphatic rings. The molecule has 1 amide bonds. The van der Waals surface area contributed by atoms with Crippen molar-refractivity contribution in [2.75, 3.05) is 22.9 Å². The maximum atomic E-state index is 12.8. The molecule has 0 aromatic heterocycles. The van der Waals surface area contributed by atoms with E-state index in [1.54, 1.807) is 25.1 Å². The third kappa shape index (κ3) is 4.55. The van der Waals surface area contributed by atoms with E-state index in [4.69, 9.17) is 10.5 Å². The summed E-state index contributed by atoms with van der Waals surface area (Å²) in [6, 6.07) is 5.16. The molecular weight excluding hydrogens is 366 g/mol. The van der Waals surface area contributed by atoms with Crippen LogP contribution in [-0.2, 0) is 14.8 Å². The first-order valence-electron chi connectivity index (χ1n) is 9.58. The number of anilines is 2. The fraction of sp³-hybridized carbons (Fsp3) is 0.632. The molecule has 2 atom stereocenters. The van der Waals surface area contributed by atoms with Crippen LogP contribution in [0.15, 0.2) is 18.2 Å². The molecule has 2 bridgehead atoms. The molecule has 1 aromatic rings. The number of nitrogens with one attached hydrogen (secondary N) is 2. The van der Waals surface area contributed by atoms with Gasteiger partial charge in [0.2, 0.25) is 15.9 Å². The van der Waals surface area contributed by atoms with E-state index in [-0.39, 0.29) is 23.6 Å². The summed E-state index contributed by atoms with van der Waals surface area (Å²) in [5.74, 6) is 1.20. The average molecular weight is 396 g/mol. The molecular formula is C19H29N3O4S. The number of hydrogen-bond donors (Lipinski definition) is 3. The van der Waals surface area contributed by atoms with Crippen molar-refractivity contribution in [1.82, 2.24) is 0 Å². The van der Waals surface area contributed by atoms with Gasteiger partial charge in [0, 0.05) is 23.7 Å². The Kier molecular flexibility index (Phi) is 5.95. The number of methoxy groups -OCH3 is 1. The van der Waals surface area contributed by atoms with Crippen LogP contribution in [0.2, 0.25) is 0 Å². The number of carbonyl (C=O) groups excluding carboxylic acids is 1. The van der Waals surface area contributed by atoms with E-state index in [1.807, 2.05) is 0 Å². The summed E-state index contributed by atoms with van der Waals surface area (Å²) in [5.41, 5.74) is 7.26. The first kappa shape index (κ1) is 19.9. The fourth-order valence-corrected chi connectivity index (χ4v) is 4.99. The first-order chi connectivity index (χ1) is 12.8. The monoisotopic (exact) mass is 395 g/mol. The van der Waals surface area contributed by atoms with Crippen molar-refractivity contribution in [1.29, 1.82) is 0 Å². The number of sulfonamides is 1. The number of fused-ring (bicyclic) bond motifs is 2. The minimum absolute atomic E-state index is 0.00254. The molecule has 0 heterocycles. The molecule has 0 spiro atoms.